The molecule has 0 atom stereocenters. The van der Waals surface area contributed by atoms with Gasteiger partial charge >= 0.3 is 0 Å². The van der Waals surface area contributed by atoms with E-state index in [1.54, 1.807) is 22.9 Å². The van der Waals surface area contributed by atoms with Gasteiger partial charge in [-0.1, -0.05) is 6.07 Å². The van der Waals surface area contributed by atoms with Crippen molar-refractivity contribution in [3.05, 3.63) is 53.9 Å². The van der Waals surface area contributed by atoms with E-state index in [1.165, 1.54) is 14.2 Å². The lowest BCUT2D eigenvalue weighted by Crippen LogP contribution is -2.25. The average molecular weight is 383 g/mol. The summed E-state index contributed by atoms with van der Waals surface area (Å²) in [6.07, 6.45) is 0. The highest BCUT2D eigenvalue weighted by Gasteiger charge is 2.17. The number of ether oxygens (including phenoxy) is 3. The van der Waals surface area contributed by atoms with Gasteiger partial charge in [-0.2, -0.15) is 4.68 Å². The predicted octanol–water partition coefficient (Wildman–Crippen LogP) is 2.01. The van der Waals surface area contributed by atoms with Crippen LogP contribution < -0.4 is 19.5 Å². The number of aromatic nitrogens is 4. The number of rotatable bonds is 8. The highest BCUT2D eigenvalue weighted by atomic mass is 16.5. The molecule has 9 heteroatoms. The lowest BCUT2D eigenvalue weighted by molar-refractivity contribution is 0.0946. The van der Waals surface area contributed by atoms with Crippen molar-refractivity contribution in [3.63, 3.8) is 0 Å². The first kappa shape index (κ1) is 19.2. The SMILES string of the molecule is CCOc1ccc(-n2nnnc2CNC(=O)c2cccc(OC)c2OC)cc1. The van der Waals surface area contributed by atoms with Crippen LogP contribution >= 0.6 is 0 Å². The molecule has 0 aliphatic heterocycles. The van der Waals surface area contributed by atoms with Gasteiger partial charge < -0.3 is 19.5 Å². The second-order valence-corrected chi connectivity index (χ2v) is 5.66. The number of para-hydroxylation sites is 1. The van der Waals surface area contributed by atoms with Crippen molar-refractivity contribution in [2.45, 2.75) is 13.5 Å². The van der Waals surface area contributed by atoms with Crippen molar-refractivity contribution < 1.29 is 19.0 Å². The van der Waals surface area contributed by atoms with Crippen LogP contribution in [0.4, 0.5) is 0 Å². The minimum absolute atomic E-state index is 0.138. The van der Waals surface area contributed by atoms with Crippen LogP contribution in [0.15, 0.2) is 42.5 Å². The summed E-state index contributed by atoms with van der Waals surface area (Å²) in [7, 11) is 3.01. The van der Waals surface area contributed by atoms with E-state index in [-0.39, 0.29) is 12.5 Å². The number of nitrogens with one attached hydrogen (secondary N) is 1. The number of amides is 1. The van der Waals surface area contributed by atoms with Crippen LogP contribution in [0.2, 0.25) is 0 Å². The van der Waals surface area contributed by atoms with Gasteiger partial charge in [0.05, 0.1) is 38.6 Å². The van der Waals surface area contributed by atoms with E-state index in [0.29, 0.717) is 29.5 Å². The number of carbonyl (C=O) groups excluding carboxylic acids is 1. The quantitative estimate of drug-likeness (QED) is 0.635. The number of benzene rings is 2. The molecule has 0 fully saturated rings. The van der Waals surface area contributed by atoms with E-state index < -0.39 is 0 Å². The molecule has 9 nitrogen and oxygen atoms in total. The van der Waals surface area contributed by atoms with Crippen molar-refractivity contribution in [1.82, 2.24) is 25.5 Å². The smallest absolute Gasteiger partial charge is 0.255 e. The summed E-state index contributed by atoms with van der Waals surface area (Å²) in [5.74, 6) is 1.78. The van der Waals surface area contributed by atoms with Crippen molar-refractivity contribution in [2.75, 3.05) is 20.8 Å². The van der Waals surface area contributed by atoms with Crippen molar-refractivity contribution in [2.24, 2.45) is 0 Å². The van der Waals surface area contributed by atoms with Gasteiger partial charge in [-0.15, -0.1) is 5.10 Å². The molecule has 3 rings (SSSR count). The first-order valence-corrected chi connectivity index (χ1v) is 8.67. The van der Waals surface area contributed by atoms with Crippen molar-refractivity contribution >= 4 is 5.91 Å². The monoisotopic (exact) mass is 383 g/mol. The topological polar surface area (TPSA) is 100 Å². The summed E-state index contributed by atoms with van der Waals surface area (Å²) in [4.78, 5) is 12.6. The molecule has 0 bridgehead atoms. The Hall–Kier alpha value is -3.62. The van der Waals surface area contributed by atoms with E-state index in [2.05, 4.69) is 20.8 Å². The summed E-state index contributed by atoms with van der Waals surface area (Å²) < 4.78 is 17.5. The molecule has 1 N–H and O–H groups in total. The molecule has 1 aromatic heterocycles. The fraction of sp³-hybridized carbons (Fsp3) is 0.263. The molecule has 1 heterocycles. The van der Waals surface area contributed by atoms with Crippen LogP contribution in [0, 0.1) is 0 Å². The molecule has 0 saturated heterocycles. The third kappa shape index (κ3) is 4.03. The van der Waals surface area contributed by atoms with Gasteiger partial charge in [0, 0.05) is 0 Å². The molecule has 0 spiro atoms. The predicted molar refractivity (Wildman–Crippen MR) is 101 cm³/mol. The molecule has 0 radical (unpaired) electrons. The Labute approximate surface area is 162 Å². The van der Waals surface area contributed by atoms with Crippen LogP contribution in [-0.4, -0.2) is 46.9 Å². The van der Waals surface area contributed by atoms with Crippen LogP contribution in [0.25, 0.3) is 5.69 Å². The lowest BCUT2D eigenvalue weighted by Gasteiger charge is -2.12. The minimum atomic E-state index is -0.322. The molecule has 28 heavy (non-hydrogen) atoms. The van der Waals surface area contributed by atoms with Gasteiger partial charge in [0.25, 0.3) is 5.91 Å². The normalized spacial score (nSPS) is 10.4. The zero-order chi connectivity index (χ0) is 19.9. The Morgan fingerprint density at radius 2 is 1.89 bits per heavy atom. The largest absolute Gasteiger partial charge is 0.494 e. The third-order valence-corrected chi connectivity index (χ3v) is 3.98. The van der Waals surface area contributed by atoms with E-state index in [0.717, 1.165) is 11.4 Å². The fourth-order valence-electron chi connectivity index (χ4n) is 2.69. The average Bonchev–Trinajstić information content (AvgIpc) is 3.20. The van der Waals surface area contributed by atoms with Gasteiger partial charge in [-0.05, 0) is 53.7 Å². The Morgan fingerprint density at radius 1 is 1.11 bits per heavy atom. The zero-order valence-electron chi connectivity index (χ0n) is 15.9. The molecule has 0 saturated carbocycles. The second-order valence-electron chi connectivity index (χ2n) is 5.66. The van der Waals surface area contributed by atoms with Crippen LogP contribution in [0.1, 0.15) is 23.1 Å². The first-order chi connectivity index (χ1) is 13.7. The molecule has 1 amide bonds. The van der Waals surface area contributed by atoms with Gasteiger partial charge in [0.15, 0.2) is 17.3 Å². The second kappa shape index (κ2) is 8.85. The number of hydrogen-bond acceptors (Lipinski definition) is 7. The summed E-state index contributed by atoms with van der Waals surface area (Å²) in [5.41, 5.74) is 1.12. The summed E-state index contributed by atoms with van der Waals surface area (Å²) in [6, 6.07) is 12.5. The van der Waals surface area contributed by atoms with E-state index >= 15 is 0 Å². The molecular weight excluding hydrogens is 362 g/mol. The Balaban J connectivity index is 1.74. The molecular formula is C19H21N5O4. The molecule has 0 aliphatic carbocycles. The number of tetrazole rings is 1. The third-order valence-electron chi connectivity index (χ3n) is 3.98. The summed E-state index contributed by atoms with van der Waals surface area (Å²) >= 11 is 0. The van der Waals surface area contributed by atoms with Crippen molar-refractivity contribution in [1.29, 1.82) is 0 Å². The van der Waals surface area contributed by atoms with E-state index in [9.17, 15) is 4.79 Å². The Kier molecular flexibility index (Phi) is 6.05. The maximum atomic E-state index is 12.6. The molecule has 0 unspecified atom stereocenters. The molecule has 3 aromatic rings. The minimum Gasteiger partial charge on any atom is -0.494 e. The molecule has 0 aliphatic rings. The number of hydrogen-bond donors (Lipinski definition) is 1. The Bertz CT molecular complexity index is 940. The zero-order valence-corrected chi connectivity index (χ0v) is 15.9. The highest BCUT2D eigenvalue weighted by Crippen LogP contribution is 2.30. The van der Waals surface area contributed by atoms with Gasteiger partial charge in [-0.25, -0.2) is 0 Å². The standard InChI is InChI=1S/C19H21N5O4/c1-4-28-14-10-8-13(9-11-14)24-17(21-22-23-24)12-20-19(25)15-6-5-7-16(26-2)18(15)27-3/h5-11H,4,12H2,1-3H3,(H,20,25). The molecule has 2 aromatic carbocycles. The first-order valence-electron chi connectivity index (χ1n) is 8.67. The maximum absolute atomic E-state index is 12.6. The van der Waals surface area contributed by atoms with Gasteiger partial charge in [-0.3, -0.25) is 4.79 Å². The van der Waals surface area contributed by atoms with Crippen LogP contribution in [0.5, 0.6) is 17.2 Å². The lowest BCUT2D eigenvalue weighted by atomic mass is 10.1. The Morgan fingerprint density at radius 3 is 2.57 bits per heavy atom. The van der Waals surface area contributed by atoms with Gasteiger partial charge in [0.1, 0.15) is 5.75 Å². The number of methoxy groups -OCH3 is 2. The van der Waals surface area contributed by atoms with Crippen LogP contribution in [0.3, 0.4) is 0 Å². The number of carbonyl (C=O) groups is 1. The maximum Gasteiger partial charge on any atom is 0.255 e. The molecule has 146 valence electrons. The highest BCUT2D eigenvalue weighted by molar-refractivity contribution is 5.97. The summed E-state index contributed by atoms with van der Waals surface area (Å²) in [6.45, 7) is 2.65. The fourth-order valence-corrected chi connectivity index (χ4v) is 2.69. The summed E-state index contributed by atoms with van der Waals surface area (Å²) in [5, 5.41) is 14.5. The van der Waals surface area contributed by atoms with Crippen molar-refractivity contribution in [3.8, 4) is 22.9 Å². The van der Waals surface area contributed by atoms with E-state index in [1.807, 2.05) is 31.2 Å². The van der Waals surface area contributed by atoms with E-state index in [4.69, 9.17) is 14.2 Å². The number of nitrogens with zero attached hydrogens (tertiary/aromatic N) is 4. The van der Waals surface area contributed by atoms with Gasteiger partial charge in [0.2, 0.25) is 0 Å². The van der Waals surface area contributed by atoms with Crippen LogP contribution in [-0.2, 0) is 6.54 Å².